The van der Waals surface area contributed by atoms with Crippen LogP contribution in [0, 0.1) is 11.3 Å². The molecule has 1 aliphatic rings. The first-order chi connectivity index (χ1) is 12.3. The number of pyridine rings is 1. The summed E-state index contributed by atoms with van der Waals surface area (Å²) in [6, 6.07) is 25.9. The van der Waals surface area contributed by atoms with Crippen LogP contribution in [0.4, 0.5) is 5.69 Å². The Kier molecular flexibility index (Phi) is 3.97. The number of hydrazone groups is 1. The van der Waals surface area contributed by atoms with Gasteiger partial charge in [0, 0.05) is 12.6 Å². The van der Waals surface area contributed by atoms with E-state index in [4.69, 9.17) is 10.4 Å². The molecule has 0 spiro atoms. The predicted octanol–water partition coefficient (Wildman–Crippen LogP) is 4.31. The molecule has 1 atom stereocenters. The number of hydrogen-bond donors (Lipinski definition) is 0. The normalized spacial score (nSPS) is 16.4. The smallest absolute Gasteiger partial charge is 0.100 e. The molecular weight excluding hydrogens is 308 g/mol. The van der Waals surface area contributed by atoms with E-state index in [0.717, 1.165) is 29.1 Å². The molecule has 0 amide bonds. The molecule has 1 aromatic heterocycles. The van der Waals surface area contributed by atoms with Crippen molar-refractivity contribution in [3.05, 3.63) is 95.8 Å². The minimum absolute atomic E-state index is 0.0641. The molecule has 0 aliphatic carbocycles. The van der Waals surface area contributed by atoms with Gasteiger partial charge in [-0.2, -0.15) is 10.4 Å². The Morgan fingerprint density at radius 2 is 1.68 bits per heavy atom. The third-order valence-corrected chi connectivity index (χ3v) is 4.31. The van der Waals surface area contributed by atoms with Gasteiger partial charge < -0.3 is 0 Å². The van der Waals surface area contributed by atoms with Crippen LogP contribution in [-0.2, 0) is 0 Å². The summed E-state index contributed by atoms with van der Waals surface area (Å²) in [5, 5.41) is 15.9. The molecule has 2 aromatic carbocycles. The summed E-state index contributed by atoms with van der Waals surface area (Å²) in [5.41, 5.74) is 4.74. The molecule has 3 aromatic rings. The molecule has 0 saturated heterocycles. The lowest BCUT2D eigenvalue weighted by atomic mass is 10.0. The molecule has 1 unspecified atom stereocenters. The van der Waals surface area contributed by atoms with Gasteiger partial charge in [-0.1, -0.05) is 36.4 Å². The van der Waals surface area contributed by atoms with E-state index in [1.165, 1.54) is 0 Å². The van der Waals surface area contributed by atoms with Crippen LogP contribution in [0.1, 0.15) is 29.3 Å². The number of nitrogens with zero attached hydrogens (tertiary/aromatic N) is 4. The van der Waals surface area contributed by atoms with Crippen molar-refractivity contribution in [3.63, 3.8) is 0 Å². The van der Waals surface area contributed by atoms with E-state index in [-0.39, 0.29) is 6.04 Å². The van der Waals surface area contributed by atoms with E-state index in [1.54, 1.807) is 0 Å². The van der Waals surface area contributed by atoms with Gasteiger partial charge in [0.05, 0.1) is 28.7 Å². The third-order valence-electron chi connectivity index (χ3n) is 4.31. The van der Waals surface area contributed by atoms with Gasteiger partial charge >= 0.3 is 0 Å². The average Bonchev–Trinajstić information content (AvgIpc) is 3.15. The standard InChI is InChI=1S/C21H16N4/c22-15-16-9-11-17(12-10-16)20-14-21(19-8-4-5-13-23-19)25(24-20)18-6-2-1-3-7-18/h1-13,21H,14H2. The van der Waals surface area contributed by atoms with Crippen molar-refractivity contribution in [3.8, 4) is 6.07 Å². The molecule has 0 fully saturated rings. The van der Waals surface area contributed by atoms with Crippen molar-refractivity contribution in [1.29, 1.82) is 5.26 Å². The summed E-state index contributed by atoms with van der Waals surface area (Å²) in [6.07, 6.45) is 2.59. The highest BCUT2D eigenvalue weighted by Crippen LogP contribution is 2.35. The molecular formula is C21H16N4. The van der Waals surface area contributed by atoms with Gasteiger partial charge in [0.15, 0.2) is 0 Å². The Morgan fingerprint density at radius 1 is 0.920 bits per heavy atom. The Balaban J connectivity index is 1.73. The topological polar surface area (TPSA) is 52.3 Å². The third kappa shape index (κ3) is 3.00. The van der Waals surface area contributed by atoms with Gasteiger partial charge in [-0.05, 0) is 42.0 Å². The van der Waals surface area contributed by atoms with Crippen molar-refractivity contribution in [2.75, 3.05) is 5.01 Å². The van der Waals surface area contributed by atoms with Crippen LogP contribution in [0.3, 0.4) is 0 Å². The molecule has 0 radical (unpaired) electrons. The molecule has 4 heteroatoms. The quantitative estimate of drug-likeness (QED) is 0.721. The first-order valence-corrected chi connectivity index (χ1v) is 8.18. The van der Waals surface area contributed by atoms with E-state index < -0.39 is 0 Å². The molecule has 0 saturated carbocycles. The van der Waals surface area contributed by atoms with Gasteiger partial charge in [0.25, 0.3) is 0 Å². The highest BCUT2D eigenvalue weighted by Gasteiger charge is 2.30. The van der Waals surface area contributed by atoms with E-state index >= 15 is 0 Å². The second-order valence-corrected chi connectivity index (χ2v) is 5.89. The van der Waals surface area contributed by atoms with Crippen molar-refractivity contribution in [2.24, 2.45) is 5.10 Å². The fraction of sp³-hybridized carbons (Fsp3) is 0.0952. The summed E-state index contributed by atoms with van der Waals surface area (Å²) in [4.78, 5) is 4.53. The molecule has 25 heavy (non-hydrogen) atoms. The monoisotopic (exact) mass is 324 g/mol. The fourth-order valence-corrected chi connectivity index (χ4v) is 3.04. The lowest BCUT2D eigenvalue weighted by Crippen LogP contribution is -2.19. The molecule has 4 rings (SSSR count). The highest BCUT2D eigenvalue weighted by atomic mass is 15.5. The van der Waals surface area contributed by atoms with Gasteiger partial charge in [-0.25, -0.2) is 0 Å². The maximum absolute atomic E-state index is 8.98. The zero-order valence-corrected chi connectivity index (χ0v) is 13.6. The van der Waals surface area contributed by atoms with Crippen LogP contribution < -0.4 is 5.01 Å². The number of aromatic nitrogens is 1. The Labute approximate surface area is 146 Å². The number of hydrogen-bond acceptors (Lipinski definition) is 4. The van der Waals surface area contributed by atoms with Crippen LogP contribution in [-0.4, -0.2) is 10.7 Å². The zero-order chi connectivity index (χ0) is 17.1. The van der Waals surface area contributed by atoms with Crippen molar-refractivity contribution >= 4 is 11.4 Å². The second kappa shape index (κ2) is 6.58. The lowest BCUT2D eigenvalue weighted by Gasteiger charge is -2.22. The van der Waals surface area contributed by atoms with Crippen LogP contribution in [0.15, 0.2) is 84.1 Å². The Bertz CT molecular complexity index is 925. The van der Waals surface area contributed by atoms with E-state index in [0.29, 0.717) is 5.56 Å². The van der Waals surface area contributed by atoms with Crippen LogP contribution in [0.25, 0.3) is 0 Å². The first-order valence-electron chi connectivity index (χ1n) is 8.18. The van der Waals surface area contributed by atoms with Crippen molar-refractivity contribution < 1.29 is 0 Å². The zero-order valence-electron chi connectivity index (χ0n) is 13.6. The van der Waals surface area contributed by atoms with Gasteiger partial charge in [-0.3, -0.25) is 9.99 Å². The minimum atomic E-state index is 0.0641. The van der Waals surface area contributed by atoms with E-state index in [1.807, 2.05) is 71.9 Å². The highest BCUT2D eigenvalue weighted by molar-refractivity contribution is 6.03. The van der Waals surface area contributed by atoms with E-state index in [2.05, 4.69) is 23.2 Å². The molecule has 1 aliphatic heterocycles. The summed E-state index contributed by atoms with van der Waals surface area (Å²) in [6.45, 7) is 0. The number of para-hydroxylation sites is 1. The fourth-order valence-electron chi connectivity index (χ4n) is 3.04. The van der Waals surface area contributed by atoms with E-state index in [9.17, 15) is 0 Å². The summed E-state index contributed by atoms with van der Waals surface area (Å²) < 4.78 is 0. The molecule has 2 heterocycles. The summed E-state index contributed by atoms with van der Waals surface area (Å²) in [7, 11) is 0. The van der Waals surface area contributed by atoms with Crippen LogP contribution in [0.2, 0.25) is 0 Å². The Morgan fingerprint density at radius 3 is 2.36 bits per heavy atom. The largest absolute Gasteiger partial charge is 0.259 e. The summed E-state index contributed by atoms with van der Waals surface area (Å²) >= 11 is 0. The van der Waals surface area contributed by atoms with Gasteiger partial charge in [0.2, 0.25) is 0 Å². The maximum atomic E-state index is 8.98. The maximum Gasteiger partial charge on any atom is 0.100 e. The number of nitriles is 1. The van der Waals surface area contributed by atoms with Gasteiger partial charge in [0.1, 0.15) is 6.04 Å². The van der Waals surface area contributed by atoms with Gasteiger partial charge in [-0.15, -0.1) is 0 Å². The van der Waals surface area contributed by atoms with Crippen LogP contribution in [0.5, 0.6) is 0 Å². The van der Waals surface area contributed by atoms with Crippen molar-refractivity contribution in [2.45, 2.75) is 12.5 Å². The molecule has 120 valence electrons. The first kappa shape index (κ1) is 15.1. The summed E-state index contributed by atoms with van der Waals surface area (Å²) in [5.74, 6) is 0. The number of benzene rings is 2. The Hall–Kier alpha value is -3.45. The molecule has 4 nitrogen and oxygen atoms in total. The second-order valence-electron chi connectivity index (χ2n) is 5.89. The predicted molar refractivity (Wildman–Crippen MR) is 98.2 cm³/mol. The van der Waals surface area contributed by atoms with Crippen molar-refractivity contribution in [1.82, 2.24) is 4.98 Å². The SMILES string of the molecule is N#Cc1ccc(C2=NN(c3ccccc3)C(c3ccccn3)C2)cc1. The molecule has 0 N–H and O–H groups in total. The average molecular weight is 324 g/mol. The number of rotatable bonds is 3. The lowest BCUT2D eigenvalue weighted by molar-refractivity contribution is 0.686. The van der Waals surface area contributed by atoms with Crippen LogP contribution >= 0.6 is 0 Å². The molecule has 0 bridgehead atoms. The number of anilines is 1. The minimum Gasteiger partial charge on any atom is -0.259 e.